The van der Waals surface area contributed by atoms with Crippen LogP contribution in [0.25, 0.3) is 26.8 Å². The standard InChI is InChI=1S/C13H8N5S/c1-3-15-13-16-10-11(17(13)5-1)18-7-8-6-14-4-2-9(8)12(18)19-10/h1-6H,7H2/q+1. The van der Waals surface area contributed by atoms with Gasteiger partial charge in [0, 0.05) is 29.7 Å². The minimum atomic E-state index is 0.758. The van der Waals surface area contributed by atoms with Gasteiger partial charge in [0.05, 0.1) is 0 Å². The van der Waals surface area contributed by atoms with Gasteiger partial charge < -0.3 is 0 Å². The van der Waals surface area contributed by atoms with E-state index in [1.165, 1.54) is 16.1 Å². The summed E-state index contributed by atoms with van der Waals surface area (Å²) in [6, 6.07) is 4.01. The van der Waals surface area contributed by atoms with Crippen molar-refractivity contribution in [3.8, 4) is 10.6 Å². The molecule has 0 aliphatic carbocycles. The van der Waals surface area contributed by atoms with Gasteiger partial charge in [-0.25, -0.2) is 4.57 Å². The predicted octanol–water partition coefficient (Wildman–Crippen LogP) is 1.66. The lowest BCUT2D eigenvalue weighted by atomic mass is 10.2. The van der Waals surface area contributed by atoms with Crippen molar-refractivity contribution in [3.63, 3.8) is 0 Å². The van der Waals surface area contributed by atoms with Crippen LogP contribution in [-0.2, 0) is 6.54 Å². The summed E-state index contributed by atoms with van der Waals surface area (Å²) < 4.78 is 4.35. The first kappa shape index (κ1) is 9.57. The molecule has 0 amide bonds. The first-order valence-electron chi connectivity index (χ1n) is 6.00. The minimum absolute atomic E-state index is 0.758. The van der Waals surface area contributed by atoms with E-state index >= 15 is 0 Å². The van der Waals surface area contributed by atoms with Gasteiger partial charge in [-0.3, -0.25) is 4.98 Å². The Morgan fingerprint density at radius 3 is 3.32 bits per heavy atom. The molecule has 0 saturated carbocycles. The SMILES string of the molecule is c1cnc2nc3sc4[n+](c3n2c1)Cc1cnccc1-4. The molecule has 19 heavy (non-hydrogen) atoms. The first-order chi connectivity index (χ1) is 9.42. The highest BCUT2D eigenvalue weighted by molar-refractivity contribution is 7.20. The molecule has 5 nitrogen and oxygen atoms in total. The Morgan fingerprint density at radius 2 is 2.32 bits per heavy atom. The fourth-order valence-corrected chi connectivity index (χ4v) is 3.87. The number of hydrogen-bond acceptors (Lipinski definition) is 4. The van der Waals surface area contributed by atoms with Crippen molar-refractivity contribution < 1.29 is 4.57 Å². The molecule has 0 fully saturated rings. The summed E-state index contributed by atoms with van der Waals surface area (Å²) >= 11 is 1.72. The molecule has 5 rings (SSSR count). The van der Waals surface area contributed by atoms with E-state index in [1.54, 1.807) is 17.5 Å². The Hall–Kier alpha value is -2.34. The van der Waals surface area contributed by atoms with Gasteiger partial charge in [-0.1, -0.05) is 11.3 Å². The number of nitrogens with zero attached hydrogens (tertiary/aromatic N) is 5. The fourth-order valence-electron chi connectivity index (χ4n) is 2.69. The van der Waals surface area contributed by atoms with Gasteiger partial charge in [0.15, 0.2) is 5.01 Å². The van der Waals surface area contributed by atoms with Gasteiger partial charge >= 0.3 is 11.4 Å². The Balaban J connectivity index is 1.94. The summed E-state index contributed by atoms with van der Waals surface area (Å²) in [4.78, 5) is 14.1. The summed E-state index contributed by atoms with van der Waals surface area (Å²) in [6.45, 7) is 0.862. The number of pyridine rings is 1. The van der Waals surface area contributed by atoms with Gasteiger partial charge in [-0.05, 0) is 12.1 Å². The highest BCUT2D eigenvalue weighted by Gasteiger charge is 2.31. The Bertz CT molecular complexity index is 952. The van der Waals surface area contributed by atoms with Gasteiger partial charge in [0.1, 0.15) is 12.7 Å². The molecule has 4 aromatic rings. The monoisotopic (exact) mass is 266 g/mol. The van der Waals surface area contributed by atoms with E-state index in [9.17, 15) is 0 Å². The second-order valence-corrected chi connectivity index (χ2v) is 5.53. The van der Waals surface area contributed by atoms with E-state index < -0.39 is 0 Å². The third-order valence-corrected chi connectivity index (χ3v) is 4.61. The number of fused-ring (bicyclic) bond motifs is 7. The van der Waals surface area contributed by atoms with Crippen LogP contribution < -0.4 is 4.57 Å². The average molecular weight is 266 g/mol. The van der Waals surface area contributed by atoms with Gasteiger partial charge in [-0.15, -0.1) is 0 Å². The van der Waals surface area contributed by atoms with Gasteiger partial charge in [0.25, 0.3) is 0 Å². The van der Waals surface area contributed by atoms with Crippen LogP contribution in [0.1, 0.15) is 5.56 Å². The largest absolute Gasteiger partial charge is 0.327 e. The van der Waals surface area contributed by atoms with E-state index in [-0.39, 0.29) is 0 Å². The molecule has 0 spiro atoms. The fraction of sp³-hybridized carbons (Fsp3) is 0.0769. The zero-order chi connectivity index (χ0) is 12.4. The van der Waals surface area contributed by atoms with E-state index in [1.807, 2.05) is 24.7 Å². The van der Waals surface area contributed by atoms with Gasteiger partial charge in [0.2, 0.25) is 4.83 Å². The van der Waals surface area contributed by atoms with Crippen LogP contribution in [-0.4, -0.2) is 19.4 Å². The molecule has 6 heteroatoms. The van der Waals surface area contributed by atoms with E-state index in [4.69, 9.17) is 0 Å². The summed E-state index contributed by atoms with van der Waals surface area (Å²) in [5, 5.41) is 1.26. The maximum atomic E-state index is 4.59. The Morgan fingerprint density at radius 1 is 1.32 bits per heavy atom. The van der Waals surface area contributed by atoms with Crippen molar-refractivity contribution in [2.45, 2.75) is 6.54 Å². The van der Waals surface area contributed by atoms with Crippen LogP contribution in [0.15, 0.2) is 36.9 Å². The zero-order valence-corrected chi connectivity index (χ0v) is 10.6. The lowest BCUT2D eigenvalue weighted by molar-refractivity contribution is -0.644. The van der Waals surface area contributed by atoms with Crippen molar-refractivity contribution in [1.29, 1.82) is 0 Å². The molecule has 90 valence electrons. The van der Waals surface area contributed by atoms with Crippen molar-refractivity contribution >= 4 is 27.6 Å². The third-order valence-electron chi connectivity index (χ3n) is 3.50. The highest BCUT2D eigenvalue weighted by atomic mass is 32.1. The van der Waals surface area contributed by atoms with Crippen LogP contribution in [0.2, 0.25) is 0 Å². The van der Waals surface area contributed by atoms with Crippen LogP contribution >= 0.6 is 11.3 Å². The third kappa shape index (κ3) is 1.09. The number of thiazole rings is 1. The number of aromatic nitrogens is 5. The molecule has 0 saturated heterocycles. The second kappa shape index (κ2) is 3.16. The van der Waals surface area contributed by atoms with Gasteiger partial charge in [-0.2, -0.15) is 14.4 Å². The van der Waals surface area contributed by atoms with E-state index in [2.05, 4.69) is 30.0 Å². The molecule has 5 heterocycles. The summed E-state index contributed by atoms with van der Waals surface area (Å²) in [5.74, 6) is 0.758. The molecule has 4 aromatic heterocycles. The van der Waals surface area contributed by atoms with Crippen LogP contribution in [0.3, 0.4) is 0 Å². The zero-order valence-electron chi connectivity index (χ0n) is 9.82. The summed E-state index contributed by atoms with van der Waals surface area (Å²) in [5.41, 5.74) is 3.67. The van der Waals surface area contributed by atoms with Crippen molar-refractivity contribution in [3.05, 3.63) is 42.5 Å². The molecule has 0 atom stereocenters. The van der Waals surface area contributed by atoms with Crippen molar-refractivity contribution in [2.24, 2.45) is 0 Å². The first-order valence-corrected chi connectivity index (χ1v) is 6.82. The molecular formula is C13H8N5S+. The second-order valence-electron chi connectivity index (χ2n) is 4.56. The molecule has 0 bridgehead atoms. The molecule has 1 aliphatic heterocycles. The Labute approximate surface area is 111 Å². The lowest BCUT2D eigenvalue weighted by Gasteiger charge is -1.90. The molecular weight excluding hydrogens is 258 g/mol. The molecule has 0 aromatic carbocycles. The highest BCUT2D eigenvalue weighted by Crippen LogP contribution is 2.34. The molecule has 0 radical (unpaired) electrons. The van der Waals surface area contributed by atoms with Crippen LogP contribution in [0.5, 0.6) is 0 Å². The molecule has 0 unspecified atom stereocenters. The topological polar surface area (TPSA) is 47.0 Å². The van der Waals surface area contributed by atoms with E-state index in [0.29, 0.717) is 0 Å². The predicted molar refractivity (Wildman–Crippen MR) is 70.9 cm³/mol. The number of hydrogen-bond donors (Lipinski definition) is 0. The summed E-state index contributed by atoms with van der Waals surface area (Å²) in [6.07, 6.45) is 7.58. The maximum Gasteiger partial charge on any atom is 0.327 e. The average Bonchev–Trinajstić information content (AvgIpc) is 3.05. The lowest BCUT2D eigenvalue weighted by Crippen LogP contribution is -2.31. The number of imidazole rings is 1. The quantitative estimate of drug-likeness (QED) is 0.400. The van der Waals surface area contributed by atoms with Crippen LogP contribution in [0, 0.1) is 0 Å². The minimum Gasteiger partial charge on any atom is -0.264 e. The molecule has 0 N–H and O–H groups in total. The van der Waals surface area contributed by atoms with Crippen LogP contribution in [0.4, 0.5) is 0 Å². The smallest absolute Gasteiger partial charge is 0.264 e. The maximum absolute atomic E-state index is 4.59. The Kier molecular flexibility index (Phi) is 1.59. The van der Waals surface area contributed by atoms with Crippen molar-refractivity contribution in [2.75, 3.05) is 0 Å². The molecule has 1 aliphatic rings. The normalized spacial score (nSPS) is 13.1. The van der Waals surface area contributed by atoms with Crippen molar-refractivity contribution in [1.82, 2.24) is 19.4 Å². The van der Waals surface area contributed by atoms with E-state index in [0.717, 1.165) is 22.8 Å². The summed E-state index contributed by atoms with van der Waals surface area (Å²) in [7, 11) is 0. The number of rotatable bonds is 0.